The smallest absolute Gasteiger partial charge is 0.234 e. The van der Waals surface area contributed by atoms with E-state index in [-0.39, 0.29) is 11.7 Å². The van der Waals surface area contributed by atoms with E-state index in [4.69, 9.17) is 0 Å². The molecule has 29 heavy (non-hydrogen) atoms. The Morgan fingerprint density at radius 1 is 0.931 bits per heavy atom. The molecule has 4 aromatic rings. The van der Waals surface area contributed by atoms with E-state index in [1.165, 1.54) is 11.8 Å². The van der Waals surface area contributed by atoms with Crippen LogP contribution in [0, 0.1) is 3.57 Å². The molecule has 0 unspecified atom stereocenters. The second-order valence-electron chi connectivity index (χ2n) is 6.18. The molecule has 144 valence electrons. The van der Waals surface area contributed by atoms with Crippen molar-refractivity contribution in [2.45, 2.75) is 5.16 Å². The van der Waals surface area contributed by atoms with Crippen LogP contribution >= 0.6 is 34.4 Å². The monoisotopic (exact) mass is 512 g/mol. The van der Waals surface area contributed by atoms with Gasteiger partial charge >= 0.3 is 0 Å². The molecule has 1 amide bonds. The van der Waals surface area contributed by atoms with Crippen LogP contribution in [0.3, 0.4) is 0 Å². The summed E-state index contributed by atoms with van der Waals surface area (Å²) in [5.41, 5.74) is 2.68. The van der Waals surface area contributed by atoms with Crippen molar-refractivity contribution in [3.05, 3.63) is 88.5 Å². The third-order valence-electron chi connectivity index (χ3n) is 4.08. The number of carbonyl (C=O) groups excluding carboxylic acids is 1. The predicted molar refractivity (Wildman–Crippen MR) is 125 cm³/mol. The lowest BCUT2D eigenvalue weighted by Crippen LogP contribution is -2.14. The van der Waals surface area contributed by atoms with Gasteiger partial charge in [0, 0.05) is 14.8 Å². The summed E-state index contributed by atoms with van der Waals surface area (Å²) in [5, 5.41) is 8.09. The summed E-state index contributed by atoms with van der Waals surface area (Å²) in [6.07, 6.45) is 0. The molecular formula is C22H17IN4OS. The molecule has 0 aliphatic heterocycles. The first-order valence-corrected chi connectivity index (χ1v) is 11.0. The maximum Gasteiger partial charge on any atom is 0.234 e. The van der Waals surface area contributed by atoms with Crippen LogP contribution in [0.25, 0.3) is 17.1 Å². The standard InChI is InChI=1S/C22H17IN4OS/c23-17-11-13-18(14-12-17)24-20(28)15-29-22-25-21(16-7-3-1-4-8-16)27(26-22)19-9-5-2-6-10-19/h1-14H,15H2,(H,24,28). The van der Waals surface area contributed by atoms with E-state index in [1.807, 2.05) is 89.6 Å². The third-order valence-corrected chi connectivity index (χ3v) is 5.64. The van der Waals surface area contributed by atoms with Gasteiger partial charge < -0.3 is 5.32 Å². The fourth-order valence-electron chi connectivity index (χ4n) is 2.74. The molecule has 0 fully saturated rings. The number of hydrogen-bond donors (Lipinski definition) is 1. The summed E-state index contributed by atoms with van der Waals surface area (Å²) in [6, 6.07) is 27.5. The minimum absolute atomic E-state index is 0.0893. The van der Waals surface area contributed by atoms with Crippen molar-refractivity contribution in [2.24, 2.45) is 0 Å². The summed E-state index contributed by atoms with van der Waals surface area (Å²) in [4.78, 5) is 17.0. The highest BCUT2D eigenvalue weighted by molar-refractivity contribution is 14.1. The van der Waals surface area contributed by atoms with Gasteiger partial charge in [-0.05, 0) is 59.0 Å². The van der Waals surface area contributed by atoms with Crippen LogP contribution in [0.1, 0.15) is 0 Å². The molecule has 0 bridgehead atoms. The number of halogens is 1. The van der Waals surface area contributed by atoms with E-state index < -0.39 is 0 Å². The van der Waals surface area contributed by atoms with Gasteiger partial charge in [-0.3, -0.25) is 4.79 Å². The molecule has 3 aromatic carbocycles. The van der Waals surface area contributed by atoms with Gasteiger partial charge in [0.25, 0.3) is 0 Å². The fourth-order valence-corrected chi connectivity index (χ4v) is 3.72. The number of benzene rings is 3. The van der Waals surface area contributed by atoms with E-state index in [1.54, 1.807) is 0 Å². The van der Waals surface area contributed by atoms with Gasteiger partial charge in [0.05, 0.1) is 11.4 Å². The maximum absolute atomic E-state index is 12.3. The zero-order valence-electron chi connectivity index (χ0n) is 15.3. The molecule has 1 aromatic heterocycles. The Morgan fingerprint density at radius 2 is 1.59 bits per heavy atom. The zero-order valence-corrected chi connectivity index (χ0v) is 18.3. The van der Waals surface area contributed by atoms with Gasteiger partial charge in [0.15, 0.2) is 5.82 Å². The van der Waals surface area contributed by atoms with E-state index in [9.17, 15) is 4.79 Å². The topological polar surface area (TPSA) is 59.8 Å². The Bertz CT molecular complexity index is 1040. The van der Waals surface area contributed by atoms with Gasteiger partial charge in [-0.2, -0.15) is 0 Å². The van der Waals surface area contributed by atoms with Gasteiger partial charge in [-0.1, -0.05) is 60.3 Å². The number of nitrogens with zero attached hydrogens (tertiary/aromatic N) is 3. The molecule has 0 aliphatic rings. The van der Waals surface area contributed by atoms with Crippen LogP contribution in [0.2, 0.25) is 0 Å². The van der Waals surface area contributed by atoms with E-state index in [0.717, 1.165) is 26.3 Å². The number of carbonyl (C=O) groups is 1. The van der Waals surface area contributed by atoms with Crippen LogP contribution in [0.15, 0.2) is 90.1 Å². The van der Waals surface area contributed by atoms with Crippen molar-refractivity contribution in [3.8, 4) is 17.1 Å². The number of amides is 1. The van der Waals surface area contributed by atoms with Gasteiger partial charge in [-0.25, -0.2) is 9.67 Å². The molecular weight excluding hydrogens is 495 g/mol. The second-order valence-corrected chi connectivity index (χ2v) is 8.36. The molecule has 4 rings (SSSR count). The van der Waals surface area contributed by atoms with Crippen molar-refractivity contribution in [1.29, 1.82) is 0 Å². The number of rotatable bonds is 6. The lowest BCUT2D eigenvalue weighted by molar-refractivity contribution is -0.113. The number of hydrogen-bond acceptors (Lipinski definition) is 4. The second kappa shape index (κ2) is 9.23. The fraction of sp³-hybridized carbons (Fsp3) is 0.0455. The van der Waals surface area contributed by atoms with Crippen LogP contribution in [-0.4, -0.2) is 26.4 Å². The molecule has 0 aliphatic carbocycles. The highest BCUT2D eigenvalue weighted by Crippen LogP contribution is 2.25. The van der Waals surface area contributed by atoms with Crippen LogP contribution < -0.4 is 5.32 Å². The minimum atomic E-state index is -0.0893. The molecule has 0 atom stereocenters. The van der Waals surface area contributed by atoms with Crippen LogP contribution in [0.4, 0.5) is 5.69 Å². The largest absolute Gasteiger partial charge is 0.325 e. The Kier molecular flexibility index (Phi) is 6.26. The summed E-state index contributed by atoms with van der Waals surface area (Å²) in [7, 11) is 0. The third kappa shape index (κ3) is 5.04. The van der Waals surface area contributed by atoms with Gasteiger partial charge in [0.1, 0.15) is 0 Å². The highest BCUT2D eigenvalue weighted by Gasteiger charge is 2.15. The summed E-state index contributed by atoms with van der Waals surface area (Å²) < 4.78 is 2.94. The Labute approximate surface area is 186 Å². The Morgan fingerprint density at radius 3 is 2.28 bits per heavy atom. The lowest BCUT2D eigenvalue weighted by Gasteiger charge is -2.05. The molecule has 0 radical (unpaired) electrons. The average molecular weight is 512 g/mol. The molecule has 7 heteroatoms. The SMILES string of the molecule is O=C(CSc1nc(-c2ccccc2)n(-c2ccccc2)n1)Nc1ccc(I)cc1. The number of anilines is 1. The van der Waals surface area contributed by atoms with E-state index >= 15 is 0 Å². The van der Waals surface area contributed by atoms with Crippen molar-refractivity contribution in [1.82, 2.24) is 14.8 Å². The lowest BCUT2D eigenvalue weighted by atomic mass is 10.2. The summed E-state index contributed by atoms with van der Waals surface area (Å²) >= 11 is 3.55. The van der Waals surface area contributed by atoms with Gasteiger partial charge in [0.2, 0.25) is 11.1 Å². The minimum Gasteiger partial charge on any atom is -0.325 e. The zero-order chi connectivity index (χ0) is 20.1. The first kappa shape index (κ1) is 19.7. The molecule has 5 nitrogen and oxygen atoms in total. The van der Waals surface area contributed by atoms with Gasteiger partial charge in [-0.15, -0.1) is 5.10 Å². The predicted octanol–water partition coefficient (Wildman–Crippen LogP) is 5.27. The van der Waals surface area contributed by atoms with Crippen LogP contribution in [0.5, 0.6) is 0 Å². The molecule has 0 saturated carbocycles. The molecule has 0 saturated heterocycles. The number of nitrogens with one attached hydrogen (secondary N) is 1. The Hall–Kier alpha value is -2.65. The average Bonchev–Trinajstić information content (AvgIpc) is 3.20. The number of para-hydroxylation sites is 1. The summed E-state index contributed by atoms with van der Waals surface area (Å²) in [6.45, 7) is 0. The van der Waals surface area contributed by atoms with E-state index in [0.29, 0.717) is 5.16 Å². The normalized spacial score (nSPS) is 10.7. The van der Waals surface area contributed by atoms with Crippen molar-refractivity contribution >= 4 is 45.9 Å². The molecule has 1 N–H and O–H groups in total. The maximum atomic E-state index is 12.3. The molecule has 0 spiro atoms. The quantitative estimate of drug-likeness (QED) is 0.283. The first-order valence-electron chi connectivity index (χ1n) is 8.95. The van der Waals surface area contributed by atoms with Crippen LogP contribution in [-0.2, 0) is 4.79 Å². The van der Waals surface area contributed by atoms with E-state index in [2.05, 4.69) is 38.0 Å². The Balaban J connectivity index is 1.53. The number of thioether (sulfide) groups is 1. The molecule has 1 heterocycles. The van der Waals surface area contributed by atoms with Crippen molar-refractivity contribution in [3.63, 3.8) is 0 Å². The van der Waals surface area contributed by atoms with Crippen molar-refractivity contribution in [2.75, 3.05) is 11.1 Å². The first-order chi connectivity index (χ1) is 14.2. The highest BCUT2D eigenvalue weighted by atomic mass is 127. The number of aromatic nitrogens is 3. The van der Waals surface area contributed by atoms with Crippen molar-refractivity contribution < 1.29 is 4.79 Å². The summed E-state index contributed by atoms with van der Waals surface area (Å²) in [5.74, 6) is 0.893.